The summed E-state index contributed by atoms with van der Waals surface area (Å²) in [5, 5.41) is -0.306. The summed E-state index contributed by atoms with van der Waals surface area (Å²) in [5.41, 5.74) is 0. The molecule has 0 bridgehead atoms. The Morgan fingerprint density at radius 1 is 1.05 bits per heavy atom. The highest BCUT2D eigenvalue weighted by Gasteiger charge is 2.49. The fourth-order valence-electron chi connectivity index (χ4n) is 1.95. The molecule has 0 aromatic heterocycles. The summed E-state index contributed by atoms with van der Waals surface area (Å²) in [5.74, 6) is -0.321. The monoisotopic (exact) mass is 320 g/mol. The first-order valence-corrected chi connectivity index (χ1v) is 10.6. The zero-order chi connectivity index (χ0) is 16.7. The summed E-state index contributed by atoms with van der Waals surface area (Å²) in [6, 6.07) is 0. The molecule has 0 radical (unpaired) electrons. The summed E-state index contributed by atoms with van der Waals surface area (Å²) >= 11 is 0. The maximum atomic E-state index is 11.8. The van der Waals surface area contributed by atoms with Gasteiger partial charge in [-0.1, -0.05) is 13.8 Å². The minimum atomic E-state index is -2.27. The Morgan fingerprint density at radius 2 is 1.52 bits per heavy atom. The van der Waals surface area contributed by atoms with E-state index in [1.54, 1.807) is 13.8 Å². The predicted octanol–water partition coefficient (Wildman–Crippen LogP) is 3.34. The van der Waals surface area contributed by atoms with Crippen molar-refractivity contribution in [1.82, 2.24) is 0 Å². The van der Waals surface area contributed by atoms with Crippen LogP contribution in [0.5, 0.6) is 0 Å². The van der Waals surface area contributed by atoms with Crippen molar-refractivity contribution in [3.8, 4) is 0 Å². The summed E-state index contributed by atoms with van der Waals surface area (Å²) in [4.78, 5) is 11.8. The molecule has 0 rings (SSSR count). The highest BCUT2D eigenvalue weighted by Crippen LogP contribution is 2.43. The molecule has 1 atom stereocenters. The molecule has 0 heterocycles. The maximum absolute atomic E-state index is 11.8. The molecule has 1 unspecified atom stereocenters. The van der Waals surface area contributed by atoms with Crippen molar-refractivity contribution in [2.45, 2.75) is 72.1 Å². The third-order valence-electron chi connectivity index (χ3n) is 3.87. The molecule has 0 saturated heterocycles. The van der Waals surface area contributed by atoms with Crippen LogP contribution in [0.3, 0.4) is 0 Å². The minimum absolute atomic E-state index is 0.306. The third-order valence-corrected chi connectivity index (χ3v) is 8.15. The number of carbonyl (C=O) groups is 1. The van der Waals surface area contributed by atoms with Crippen molar-refractivity contribution >= 4 is 14.3 Å². The molecule has 21 heavy (non-hydrogen) atoms. The van der Waals surface area contributed by atoms with Gasteiger partial charge in [0.15, 0.2) is 14.6 Å². The van der Waals surface area contributed by atoms with Crippen LogP contribution in [-0.2, 0) is 23.4 Å². The molecule has 0 aliphatic rings. The van der Waals surface area contributed by atoms with Gasteiger partial charge in [-0.05, 0) is 40.8 Å². The maximum Gasteiger partial charge on any atom is 0.333 e. The normalized spacial score (nSPS) is 14.3. The van der Waals surface area contributed by atoms with E-state index in [0.29, 0.717) is 19.8 Å². The van der Waals surface area contributed by atoms with Gasteiger partial charge in [-0.25, -0.2) is 4.79 Å². The van der Waals surface area contributed by atoms with Crippen LogP contribution in [0.15, 0.2) is 0 Å². The lowest BCUT2D eigenvalue weighted by molar-refractivity contribution is -0.162. The standard InChI is InChI=1S/C15H32O5Si/c1-9-17-13(16)12(4)20-21(7,8)15(5,6)14(18-10-2)19-11-3/h12,14H,9-11H2,1-8H3. The van der Waals surface area contributed by atoms with Gasteiger partial charge >= 0.3 is 5.97 Å². The van der Waals surface area contributed by atoms with E-state index in [0.717, 1.165) is 0 Å². The van der Waals surface area contributed by atoms with E-state index in [1.807, 2.05) is 13.8 Å². The molecular formula is C15H32O5Si. The van der Waals surface area contributed by atoms with Crippen LogP contribution >= 0.6 is 0 Å². The number of hydrogen-bond donors (Lipinski definition) is 0. The van der Waals surface area contributed by atoms with Crippen LogP contribution < -0.4 is 0 Å². The lowest BCUT2D eigenvalue weighted by Crippen LogP contribution is -2.52. The van der Waals surface area contributed by atoms with E-state index in [9.17, 15) is 4.79 Å². The van der Waals surface area contributed by atoms with Gasteiger partial charge in [-0.2, -0.15) is 0 Å². The molecule has 0 amide bonds. The first kappa shape index (κ1) is 20.6. The molecule has 0 saturated carbocycles. The summed E-state index contributed by atoms with van der Waals surface area (Å²) in [6.45, 7) is 17.2. The Balaban J connectivity index is 5.02. The lowest BCUT2D eigenvalue weighted by Gasteiger charge is -2.44. The molecule has 0 fully saturated rings. The van der Waals surface area contributed by atoms with E-state index >= 15 is 0 Å². The van der Waals surface area contributed by atoms with Crippen molar-refractivity contribution in [3.63, 3.8) is 0 Å². The van der Waals surface area contributed by atoms with Gasteiger partial charge in [0, 0.05) is 18.3 Å². The number of rotatable bonds is 10. The van der Waals surface area contributed by atoms with Crippen molar-refractivity contribution in [2.75, 3.05) is 19.8 Å². The zero-order valence-corrected chi connectivity index (χ0v) is 15.8. The van der Waals surface area contributed by atoms with Gasteiger partial charge in [-0.15, -0.1) is 0 Å². The van der Waals surface area contributed by atoms with Crippen molar-refractivity contribution in [2.24, 2.45) is 0 Å². The van der Waals surface area contributed by atoms with Gasteiger partial charge in [-0.3, -0.25) is 0 Å². The van der Waals surface area contributed by atoms with Gasteiger partial charge in [0.05, 0.1) is 6.61 Å². The van der Waals surface area contributed by atoms with Crippen LogP contribution in [0.4, 0.5) is 0 Å². The molecule has 0 aromatic rings. The van der Waals surface area contributed by atoms with Gasteiger partial charge in [0.2, 0.25) is 0 Å². The summed E-state index contributed by atoms with van der Waals surface area (Å²) in [6.07, 6.45) is -0.918. The topological polar surface area (TPSA) is 54.0 Å². The van der Waals surface area contributed by atoms with Crippen molar-refractivity contribution in [1.29, 1.82) is 0 Å². The number of hydrogen-bond acceptors (Lipinski definition) is 5. The summed E-state index contributed by atoms with van der Waals surface area (Å²) < 4.78 is 22.6. The fourth-order valence-corrected chi connectivity index (χ4v) is 3.97. The quantitative estimate of drug-likeness (QED) is 0.351. The third kappa shape index (κ3) is 5.69. The first-order chi connectivity index (χ1) is 9.63. The molecule has 0 N–H and O–H groups in total. The van der Waals surface area contributed by atoms with Crippen LogP contribution in [0.25, 0.3) is 0 Å². The number of esters is 1. The Bertz CT molecular complexity index is 311. The van der Waals surface area contributed by atoms with E-state index in [2.05, 4.69) is 26.9 Å². The smallest absolute Gasteiger partial charge is 0.333 e. The first-order valence-electron chi connectivity index (χ1n) is 7.71. The Kier molecular flexibility index (Phi) is 8.69. The lowest BCUT2D eigenvalue weighted by atomic mass is 10.2. The molecule has 6 heteroatoms. The van der Waals surface area contributed by atoms with Gasteiger partial charge < -0.3 is 18.6 Å². The molecule has 126 valence electrons. The van der Waals surface area contributed by atoms with Crippen LogP contribution in [0.2, 0.25) is 18.1 Å². The SMILES string of the molecule is CCOC(=O)C(C)O[Si](C)(C)C(C)(C)C(OCC)OCC. The van der Waals surface area contributed by atoms with Crippen LogP contribution in [0.1, 0.15) is 41.5 Å². The molecular weight excluding hydrogens is 288 g/mol. The second-order valence-corrected chi connectivity index (χ2v) is 10.5. The van der Waals surface area contributed by atoms with Crippen LogP contribution in [-0.4, -0.2) is 46.5 Å². The molecule has 0 aliphatic heterocycles. The van der Waals surface area contributed by atoms with Crippen molar-refractivity contribution < 1.29 is 23.4 Å². The molecule has 0 aliphatic carbocycles. The van der Waals surface area contributed by atoms with Gasteiger partial charge in [0.25, 0.3) is 0 Å². The van der Waals surface area contributed by atoms with E-state index in [-0.39, 0.29) is 17.3 Å². The predicted molar refractivity (Wildman–Crippen MR) is 85.7 cm³/mol. The average Bonchev–Trinajstić information content (AvgIpc) is 2.37. The zero-order valence-electron chi connectivity index (χ0n) is 14.8. The molecule has 0 aromatic carbocycles. The second kappa shape index (κ2) is 8.88. The van der Waals surface area contributed by atoms with E-state index < -0.39 is 14.4 Å². The Hall–Kier alpha value is -0.433. The number of ether oxygens (including phenoxy) is 3. The molecule has 5 nitrogen and oxygen atoms in total. The van der Waals surface area contributed by atoms with Gasteiger partial charge in [0.1, 0.15) is 6.10 Å². The highest BCUT2D eigenvalue weighted by atomic mass is 28.4. The van der Waals surface area contributed by atoms with E-state index in [4.69, 9.17) is 18.6 Å². The molecule has 0 spiro atoms. The summed E-state index contributed by atoms with van der Waals surface area (Å²) in [7, 11) is -2.27. The number of carbonyl (C=O) groups excluding carboxylic acids is 1. The second-order valence-electron chi connectivity index (χ2n) is 5.99. The minimum Gasteiger partial charge on any atom is -0.464 e. The Labute approximate surface area is 130 Å². The van der Waals surface area contributed by atoms with Crippen LogP contribution in [0, 0.1) is 0 Å². The Morgan fingerprint density at radius 3 is 1.90 bits per heavy atom. The fraction of sp³-hybridized carbons (Fsp3) is 0.933. The average molecular weight is 321 g/mol. The van der Waals surface area contributed by atoms with Crippen molar-refractivity contribution in [3.05, 3.63) is 0 Å². The van der Waals surface area contributed by atoms with E-state index in [1.165, 1.54) is 0 Å². The largest absolute Gasteiger partial charge is 0.464 e. The highest BCUT2D eigenvalue weighted by molar-refractivity contribution is 6.74.